The number of rotatable bonds is 9. The average Bonchev–Trinajstić information content (AvgIpc) is 2.72. The van der Waals surface area contributed by atoms with Gasteiger partial charge in [0, 0.05) is 23.7 Å². The molecule has 2 atom stereocenters. The first-order valence-electron chi connectivity index (χ1n) is 9.20. The summed E-state index contributed by atoms with van der Waals surface area (Å²) in [5, 5.41) is 24.1. The Hall–Kier alpha value is -2.15. The van der Waals surface area contributed by atoms with Crippen LogP contribution in [0.3, 0.4) is 0 Å². The summed E-state index contributed by atoms with van der Waals surface area (Å²) >= 11 is 11.8. The molecule has 0 bridgehead atoms. The summed E-state index contributed by atoms with van der Waals surface area (Å²) in [6.45, 7) is 0.264. The van der Waals surface area contributed by atoms with Crippen LogP contribution in [-0.2, 0) is 6.42 Å². The van der Waals surface area contributed by atoms with Gasteiger partial charge in [0.2, 0.25) is 5.88 Å². The van der Waals surface area contributed by atoms with Crippen LogP contribution in [0.1, 0.15) is 17.2 Å². The van der Waals surface area contributed by atoms with Crippen LogP contribution in [0.5, 0.6) is 11.6 Å². The number of pyridine rings is 1. The molecule has 0 spiro atoms. The van der Waals surface area contributed by atoms with Crippen LogP contribution in [0.4, 0.5) is 0 Å². The number of aromatic nitrogens is 1. The summed E-state index contributed by atoms with van der Waals surface area (Å²) in [6.07, 6.45) is -0.0993. The van der Waals surface area contributed by atoms with E-state index in [1.165, 1.54) is 0 Å². The Morgan fingerprint density at radius 3 is 2.45 bits per heavy atom. The van der Waals surface area contributed by atoms with Crippen LogP contribution in [0.25, 0.3) is 0 Å². The van der Waals surface area contributed by atoms with Crippen molar-refractivity contribution in [1.29, 1.82) is 0 Å². The standard InChI is InChI=1S/C22H22Cl2N2O3/c23-17-4-1-3-16(12-17)20(28)13-25-18(14-27)11-15-7-9-19(10-8-15)29-22-6-2-5-21(24)26-22/h1-10,12,18,20,25,27-28H,11,13-14H2. The molecule has 1 aromatic heterocycles. The van der Waals surface area contributed by atoms with Crippen molar-refractivity contribution in [3.05, 3.63) is 88.0 Å². The van der Waals surface area contributed by atoms with Gasteiger partial charge in [-0.3, -0.25) is 0 Å². The van der Waals surface area contributed by atoms with E-state index in [2.05, 4.69) is 10.3 Å². The molecule has 0 amide bonds. The van der Waals surface area contributed by atoms with E-state index in [-0.39, 0.29) is 12.6 Å². The van der Waals surface area contributed by atoms with E-state index < -0.39 is 6.10 Å². The summed E-state index contributed by atoms with van der Waals surface area (Å²) in [5.74, 6) is 1.07. The zero-order chi connectivity index (χ0) is 20.6. The van der Waals surface area contributed by atoms with Gasteiger partial charge in [-0.15, -0.1) is 0 Å². The zero-order valence-corrected chi connectivity index (χ0v) is 17.1. The molecule has 0 aliphatic heterocycles. The predicted molar refractivity (Wildman–Crippen MR) is 115 cm³/mol. The number of hydrogen-bond donors (Lipinski definition) is 3. The molecular formula is C22H22Cl2N2O3. The lowest BCUT2D eigenvalue weighted by atomic mass is 10.1. The molecule has 0 aliphatic carbocycles. The molecule has 0 fully saturated rings. The third-order valence-electron chi connectivity index (χ3n) is 4.37. The van der Waals surface area contributed by atoms with Crippen LogP contribution >= 0.6 is 23.2 Å². The van der Waals surface area contributed by atoms with Crippen molar-refractivity contribution in [3.8, 4) is 11.6 Å². The summed E-state index contributed by atoms with van der Waals surface area (Å²) in [5.41, 5.74) is 1.76. The minimum atomic E-state index is -0.705. The number of hydrogen-bond acceptors (Lipinski definition) is 5. The van der Waals surface area contributed by atoms with Gasteiger partial charge in [0.1, 0.15) is 10.9 Å². The largest absolute Gasteiger partial charge is 0.439 e. The molecule has 2 aromatic carbocycles. The summed E-state index contributed by atoms with van der Waals surface area (Å²) < 4.78 is 5.68. The number of ether oxygens (including phenoxy) is 1. The first-order valence-corrected chi connectivity index (χ1v) is 9.96. The van der Waals surface area contributed by atoms with Crippen molar-refractivity contribution in [2.24, 2.45) is 0 Å². The van der Waals surface area contributed by atoms with E-state index in [1.54, 1.807) is 36.4 Å². The second kappa shape index (κ2) is 10.6. The summed E-state index contributed by atoms with van der Waals surface area (Å²) in [4.78, 5) is 4.09. The lowest BCUT2D eigenvalue weighted by molar-refractivity contribution is 0.158. The van der Waals surface area contributed by atoms with Gasteiger partial charge in [0.15, 0.2) is 0 Å². The van der Waals surface area contributed by atoms with Crippen molar-refractivity contribution in [1.82, 2.24) is 10.3 Å². The predicted octanol–water partition coefficient (Wildman–Crippen LogP) is 4.41. The summed E-state index contributed by atoms with van der Waals surface area (Å²) in [7, 11) is 0. The second-order valence-electron chi connectivity index (χ2n) is 6.61. The number of nitrogens with one attached hydrogen (secondary N) is 1. The Labute approximate surface area is 179 Å². The third kappa shape index (κ3) is 6.70. The molecule has 0 saturated heterocycles. The van der Waals surface area contributed by atoms with Crippen LogP contribution in [0.15, 0.2) is 66.7 Å². The maximum Gasteiger partial charge on any atom is 0.220 e. The maximum atomic E-state index is 10.3. The molecule has 3 rings (SSSR count). The minimum absolute atomic E-state index is 0.0487. The number of aliphatic hydroxyl groups excluding tert-OH is 2. The van der Waals surface area contributed by atoms with Gasteiger partial charge < -0.3 is 20.3 Å². The van der Waals surface area contributed by atoms with Crippen molar-refractivity contribution in [2.75, 3.05) is 13.2 Å². The van der Waals surface area contributed by atoms with E-state index >= 15 is 0 Å². The van der Waals surface area contributed by atoms with Crippen LogP contribution < -0.4 is 10.1 Å². The Kier molecular flexibility index (Phi) is 7.86. The number of nitrogens with zero attached hydrogens (tertiary/aromatic N) is 1. The van der Waals surface area contributed by atoms with Gasteiger partial charge in [-0.05, 0) is 47.9 Å². The Morgan fingerprint density at radius 2 is 1.76 bits per heavy atom. The fourth-order valence-electron chi connectivity index (χ4n) is 2.86. The SMILES string of the molecule is OCC(Cc1ccc(Oc2cccc(Cl)n2)cc1)NCC(O)c1cccc(Cl)c1. The van der Waals surface area contributed by atoms with Crippen LogP contribution in [0, 0.1) is 0 Å². The zero-order valence-electron chi connectivity index (χ0n) is 15.6. The molecule has 2 unspecified atom stereocenters. The minimum Gasteiger partial charge on any atom is -0.439 e. The van der Waals surface area contributed by atoms with E-state index in [4.69, 9.17) is 27.9 Å². The highest BCUT2D eigenvalue weighted by Crippen LogP contribution is 2.22. The average molecular weight is 433 g/mol. The lowest BCUT2D eigenvalue weighted by Crippen LogP contribution is -2.37. The van der Waals surface area contributed by atoms with Gasteiger partial charge >= 0.3 is 0 Å². The van der Waals surface area contributed by atoms with Gasteiger partial charge in [0.25, 0.3) is 0 Å². The molecule has 29 heavy (non-hydrogen) atoms. The highest BCUT2D eigenvalue weighted by Gasteiger charge is 2.13. The van der Waals surface area contributed by atoms with Gasteiger partial charge in [-0.2, -0.15) is 0 Å². The van der Waals surface area contributed by atoms with E-state index in [1.807, 2.05) is 30.3 Å². The Bertz CT molecular complexity index is 922. The highest BCUT2D eigenvalue weighted by molar-refractivity contribution is 6.30. The lowest BCUT2D eigenvalue weighted by Gasteiger charge is -2.19. The molecule has 0 saturated carbocycles. The smallest absolute Gasteiger partial charge is 0.220 e. The first-order chi connectivity index (χ1) is 14.0. The van der Waals surface area contributed by atoms with E-state index in [0.29, 0.717) is 34.8 Å². The number of halogens is 2. The van der Waals surface area contributed by atoms with Crippen molar-refractivity contribution >= 4 is 23.2 Å². The monoisotopic (exact) mass is 432 g/mol. The maximum absolute atomic E-state index is 10.3. The second-order valence-corrected chi connectivity index (χ2v) is 7.43. The third-order valence-corrected chi connectivity index (χ3v) is 4.82. The van der Waals surface area contributed by atoms with Crippen LogP contribution in [-0.4, -0.2) is 34.4 Å². The molecule has 0 radical (unpaired) electrons. The van der Waals surface area contributed by atoms with Gasteiger partial charge in [-0.25, -0.2) is 4.98 Å². The number of benzene rings is 2. The topological polar surface area (TPSA) is 74.6 Å². The fourth-order valence-corrected chi connectivity index (χ4v) is 3.21. The van der Waals surface area contributed by atoms with Crippen molar-refractivity contribution in [2.45, 2.75) is 18.6 Å². The Balaban J connectivity index is 1.53. The van der Waals surface area contributed by atoms with E-state index in [0.717, 1.165) is 11.1 Å². The molecule has 7 heteroatoms. The van der Waals surface area contributed by atoms with Gasteiger partial charge in [0.05, 0.1) is 12.7 Å². The normalized spacial score (nSPS) is 13.1. The first kappa shape index (κ1) is 21.6. The van der Waals surface area contributed by atoms with Crippen molar-refractivity contribution in [3.63, 3.8) is 0 Å². The molecule has 0 aliphatic rings. The Morgan fingerprint density at radius 1 is 1.00 bits per heavy atom. The van der Waals surface area contributed by atoms with Crippen LogP contribution in [0.2, 0.25) is 10.2 Å². The van der Waals surface area contributed by atoms with E-state index in [9.17, 15) is 10.2 Å². The molecule has 152 valence electrons. The van der Waals surface area contributed by atoms with Gasteiger partial charge in [-0.1, -0.05) is 53.5 Å². The molecule has 3 aromatic rings. The molecular weight excluding hydrogens is 411 g/mol. The molecule has 5 nitrogen and oxygen atoms in total. The summed E-state index contributed by atoms with van der Waals surface area (Å²) in [6, 6.07) is 19.6. The fraction of sp³-hybridized carbons (Fsp3) is 0.227. The number of aliphatic hydroxyl groups is 2. The molecule has 3 N–H and O–H groups in total. The quantitative estimate of drug-likeness (QED) is 0.436. The highest BCUT2D eigenvalue weighted by atomic mass is 35.5. The van der Waals surface area contributed by atoms with Crippen molar-refractivity contribution < 1.29 is 14.9 Å². The molecule has 1 heterocycles.